The number of aryl methyl sites for hydroxylation is 1. The van der Waals surface area contributed by atoms with E-state index in [-0.39, 0.29) is 0 Å². The van der Waals surface area contributed by atoms with Crippen molar-refractivity contribution in [2.75, 3.05) is 19.8 Å². The molecule has 2 atom stereocenters. The Morgan fingerprint density at radius 1 is 1.62 bits per heavy atom. The molecule has 1 fully saturated rings. The summed E-state index contributed by atoms with van der Waals surface area (Å²) >= 11 is 0. The zero-order chi connectivity index (χ0) is 11.4. The quantitative estimate of drug-likeness (QED) is 0.824. The Balaban J connectivity index is 2.10. The van der Waals surface area contributed by atoms with E-state index in [9.17, 15) is 0 Å². The Bertz CT molecular complexity index is 318. The largest absolute Gasteiger partial charge is 0.381 e. The van der Waals surface area contributed by atoms with Crippen LogP contribution in [0.1, 0.15) is 31.9 Å². The highest BCUT2D eigenvalue weighted by Crippen LogP contribution is 2.28. The second-order valence-electron chi connectivity index (χ2n) is 4.29. The average molecular weight is 223 g/mol. The summed E-state index contributed by atoms with van der Waals surface area (Å²) in [5, 5.41) is 7.89. The van der Waals surface area contributed by atoms with Crippen LogP contribution in [0.3, 0.4) is 0 Å². The Kier molecular flexibility index (Phi) is 3.96. The first kappa shape index (κ1) is 11.6. The second kappa shape index (κ2) is 5.46. The highest BCUT2D eigenvalue weighted by Gasteiger charge is 2.27. The van der Waals surface area contributed by atoms with E-state index >= 15 is 0 Å². The lowest BCUT2D eigenvalue weighted by molar-refractivity contribution is 0.177. The fourth-order valence-corrected chi connectivity index (χ4v) is 2.31. The van der Waals surface area contributed by atoms with E-state index in [1.807, 2.05) is 10.9 Å². The lowest BCUT2D eigenvalue weighted by atomic mass is 9.94. The summed E-state index contributed by atoms with van der Waals surface area (Å²) in [6.07, 6.45) is 5.27. The van der Waals surface area contributed by atoms with E-state index in [4.69, 9.17) is 4.74 Å². The third-order valence-corrected chi connectivity index (χ3v) is 3.20. The van der Waals surface area contributed by atoms with Crippen LogP contribution in [-0.2, 0) is 11.3 Å². The molecule has 0 aliphatic carbocycles. The first-order valence-corrected chi connectivity index (χ1v) is 6.18. The molecule has 1 N–H and O–H groups in total. The van der Waals surface area contributed by atoms with Gasteiger partial charge in [-0.1, -0.05) is 6.92 Å². The van der Waals surface area contributed by atoms with E-state index in [0.29, 0.717) is 12.0 Å². The van der Waals surface area contributed by atoms with E-state index in [0.717, 1.165) is 32.7 Å². The maximum atomic E-state index is 5.47. The highest BCUT2D eigenvalue weighted by molar-refractivity contribution is 5.12. The van der Waals surface area contributed by atoms with Crippen LogP contribution in [0.25, 0.3) is 0 Å². The fraction of sp³-hybridized carbons (Fsp3) is 0.750. The zero-order valence-corrected chi connectivity index (χ0v) is 10.1. The van der Waals surface area contributed by atoms with Crippen molar-refractivity contribution in [1.29, 1.82) is 0 Å². The van der Waals surface area contributed by atoms with Gasteiger partial charge in [-0.25, -0.2) is 0 Å². The molecule has 0 aromatic carbocycles. The summed E-state index contributed by atoms with van der Waals surface area (Å²) in [4.78, 5) is 0. The molecule has 2 rings (SSSR count). The van der Waals surface area contributed by atoms with E-state index in [1.54, 1.807) is 0 Å². The molecule has 2 heterocycles. The van der Waals surface area contributed by atoms with Gasteiger partial charge >= 0.3 is 0 Å². The van der Waals surface area contributed by atoms with Gasteiger partial charge < -0.3 is 10.1 Å². The molecule has 16 heavy (non-hydrogen) atoms. The molecule has 0 bridgehead atoms. The van der Waals surface area contributed by atoms with Gasteiger partial charge in [0, 0.05) is 36.9 Å². The van der Waals surface area contributed by atoms with E-state index in [2.05, 4.69) is 30.5 Å². The molecule has 1 aromatic rings. The zero-order valence-electron chi connectivity index (χ0n) is 10.1. The van der Waals surface area contributed by atoms with Crippen molar-refractivity contribution in [3.8, 4) is 0 Å². The maximum Gasteiger partial charge on any atom is 0.0537 e. The monoisotopic (exact) mass is 223 g/mol. The van der Waals surface area contributed by atoms with Gasteiger partial charge in [0.2, 0.25) is 0 Å². The van der Waals surface area contributed by atoms with Crippen LogP contribution in [0.4, 0.5) is 0 Å². The van der Waals surface area contributed by atoms with Gasteiger partial charge in [-0.15, -0.1) is 0 Å². The van der Waals surface area contributed by atoms with Gasteiger partial charge in [-0.05, 0) is 19.9 Å². The Hall–Kier alpha value is -0.870. The van der Waals surface area contributed by atoms with Crippen LogP contribution in [-0.4, -0.2) is 29.5 Å². The van der Waals surface area contributed by atoms with E-state index in [1.165, 1.54) is 5.56 Å². The van der Waals surface area contributed by atoms with Crippen molar-refractivity contribution < 1.29 is 4.74 Å². The van der Waals surface area contributed by atoms with Crippen molar-refractivity contribution >= 4 is 0 Å². The molecular formula is C12H21N3O. The molecule has 90 valence electrons. The molecule has 1 saturated heterocycles. The lowest BCUT2D eigenvalue weighted by Gasteiger charge is -2.21. The van der Waals surface area contributed by atoms with Crippen LogP contribution < -0.4 is 5.32 Å². The van der Waals surface area contributed by atoms with Gasteiger partial charge in [0.1, 0.15) is 0 Å². The molecule has 0 amide bonds. The first-order chi connectivity index (χ1) is 7.85. The molecule has 0 spiro atoms. The summed E-state index contributed by atoms with van der Waals surface area (Å²) in [5.74, 6) is 0.592. The molecule has 2 unspecified atom stereocenters. The third-order valence-electron chi connectivity index (χ3n) is 3.20. The predicted octanol–water partition coefficient (Wildman–Crippen LogP) is 1.59. The van der Waals surface area contributed by atoms with Crippen molar-refractivity contribution in [2.24, 2.45) is 5.92 Å². The van der Waals surface area contributed by atoms with E-state index < -0.39 is 0 Å². The van der Waals surface area contributed by atoms with Crippen LogP contribution in [0.15, 0.2) is 12.4 Å². The van der Waals surface area contributed by atoms with Gasteiger partial charge in [-0.2, -0.15) is 5.10 Å². The van der Waals surface area contributed by atoms with Crippen LogP contribution in [0.2, 0.25) is 0 Å². The van der Waals surface area contributed by atoms with Gasteiger partial charge in [-0.3, -0.25) is 4.68 Å². The second-order valence-corrected chi connectivity index (χ2v) is 4.29. The van der Waals surface area contributed by atoms with Crippen molar-refractivity contribution in [3.63, 3.8) is 0 Å². The summed E-state index contributed by atoms with van der Waals surface area (Å²) in [6, 6.07) is 0.396. The van der Waals surface area contributed by atoms with Crippen molar-refractivity contribution in [2.45, 2.75) is 32.9 Å². The number of rotatable bonds is 5. The maximum absolute atomic E-state index is 5.47. The topological polar surface area (TPSA) is 39.1 Å². The van der Waals surface area contributed by atoms with Crippen molar-refractivity contribution in [3.05, 3.63) is 18.0 Å². The normalized spacial score (nSPS) is 22.5. The lowest BCUT2D eigenvalue weighted by Crippen LogP contribution is -2.28. The number of aromatic nitrogens is 2. The van der Waals surface area contributed by atoms with Crippen LogP contribution in [0, 0.1) is 5.92 Å². The minimum Gasteiger partial charge on any atom is -0.381 e. The summed E-state index contributed by atoms with van der Waals surface area (Å²) in [7, 11) is 0. The summed E-state index contributed by atoms with van der Waals surface area (Å²) in [5.41, 5.74) is 1.29. The minimum absolute atomic E-state index is 0.396. The minimum atomic E-state index is 0.396. The average Bonchev–Trinajstić information content (AvgIpc) is 2.97. The third kappa shape index (κ3) is 2.44. The molecule has 1 aliphatic rings. The standard InChI is InChI=1S/C12H21N3O/c1-3-13-12(10-5-6-16-9-10)11-7-14-15(4-2)8-11/h7-8,10,12-13H,3-6,9H2,1-2H3. The Morgan fingerprint density at radius 3 is 3.06 bits per heavy atom. The first-order valence-electron chi connectivity index (χ1n) is 6.18. The number of hydrogen-bond donors (Lipinski definition) is 1. The highest BCUT2D eigenvalue weighted by atomic mass is 16.5. The van der Waals surface area contributed by atoms with Gasteiger partial charge in [0.05, 0.1) is 12.8 Å². The number of ether oxygens (including phenoxy) is 1. The molecule has 4 nitrogen and oxygen atoms in total. The smallest absolute Gasteiger partial charge is 0.0537 e. The van der Waals surface area contributed by atoms with Crippen molar-refractivity contribution in [1.82, 2.24) is 15.1 Å². The molecule has 4 heteroatoms. The van der Waals surface area contributed by atoms with Crippen LogP contribution >= 0.6 is 0 Å². The number of hydrogen-bond acceptors (Lipinski definition) is 3. The Morgan fingerprint density at radius 2 is 2.50 bits per heavy atom. The number of nitrogens with one attached hydrogen (secondary N) is 1. The molecule has 0 saturated carbocycles. The van der Waals surface area contributed by atoms with Crippen LogP contribution in [0.5, 0.6) is 0 Å². The molecule has 1 aliphatic heterocycles. The fourth-order valence-electron chi connectivity index (χ4n) is 2.31. The number of nitrogens with zero attached hydrogens (tertiary/aromatic N) is 2. The summed E-state index contributed by atoms with van der Waals surface area (Å²) < 4.78 is 7.45. The molecule has 1 aromatic heterocycles. The van der Waals surface area contributed by atoms with Gasteiger partial charge in [0.25, 0.3) is 0 Å². The summed E-state index contributed by atoms with van der Waals surface area (Å²) in [6.45, 7) is 7.94. The van der Waals surface area contributed by atoms with Gasteiger partial charge in [0.15, 0.2) is 0 Å². The predicted molar refractivity (Wildman–Crippen MR) is 63.2 cm³/mol. The molecule has 0 radical (unpaired) electrons. The Labute approximate surface area is 97.0 Å². The molecular weight excluding hydrogens is 202 g/mol. The SMILES string of the molecule is CCNC(c1cnn(CC)c1)C1CCOC1.